The normalized spacial score (nSPS) is 16.0. The van der Waals surface area contributed by atoms with Gasteiger partial charge in [0.25, 0.3) is 5.91 Å². The van der Waals surface area contributed by atoms with Crippen LogP contribution in [0.25, 0.3) is 0 Å². The molecule has 1 aliphatic rings. The Morgan fingerprint density at radius 1 is 1.38 bits per heavy atom. The second kappa shape index (κ2) is 8.53. The zero-order valence-corrected chi connectivity index (χ0v) is 17.2. The summed E-state index contributed by atoms with van der Waals surface area (Å²) in [5.41, 5.74) is 2.60. The van der Waals surface area contributed by atoms with E-state index >= 15 is 0 Å². The highest BCUT2D eigenvalue weighted by Gasteiger charge is 2.26. The number of nitrogens with one attached hydrogen (secondary N) is 1. The van der Waals surface area contributed by atoms with Gasteiger partial charge in [-0.3, -0.25) is 4.79 Å². The highest BCUT2D eigenvalue weighted by molar-refractivity contribution is 5.90. The van der Waals surface area contributed by atoms with Crippen molar-refractivity contribution in [2.45, 2.75) is 32.9 Å². The summed E-state index contributed by atoms with van der Waals surface area (Å²) in [5, 5.41) is 12.2. The lowest BCUT2D eigenvalue weighted by atomic mass is 10.1. The topological polar surface area (TPSA) is 85.2 Å². The molecule has 1 atom stereocenters. The van der Waals surface area contributed by atoms with Gasteiger partial charge in [0, 0.05) is 56.6 Å². The molecule has 0 spiro atoms. The van der Waals surface area contributed by atoms with Gasteiger partial charge < -0.3 is 15.1 Å². The highest BCUT2D eigenvalue weighted by Crippen LogP contribution is 2.24. The maximum Gasteiger partial charge on any atom is 0.291 e. The molecule has 2 heterocycles. The Kier molecular flexibility index (Phi) is 6.09. The average molecular weight is 396 g/mol. The first-order valence-corrected chi connectivity index (χ1v) is 9.54. The fourth-order valence-corrected chi connectivity index (χ4v) is 3.35. The molecule has 0 aliphatic carbocycles. The van der Waals surface area contributed by atoms with E-state index in [0.717, 1.165) is 30.0 Å². The molecule has 29 heavy (non-hydrogen) atoms. The number of benzene rings is 1. The van der Waals surface area contributed by atoms with Gasteiger partial charge >= 0.3 is 0 Å². The average Bonchev–Trinajstić information content (AvgIpc) is 3.17. The molecule has 1 aliphatic heterocycles. The number of rotatable bonds is 5. The Hall–Kier alpha value is -3.05. The Morgan fingerprint density at radius 2 is 2.14 bits per heavy atom. The Balaban J connectivity index is 1.69. The standard InChI is InChI=1S/C21H25FN6O/c1-13-14(2)25-19(21(29)27(3)4)26-20(13)28-8-7-17(12-28)24-11-16-6-5-15(10-23)9-18(16)22/h5-6,9,17,24H,7-8,11-12H2,1-4H3/t17-/m1/s1. The van der Waals surface area contributed by atoms with Crippen LogP contribution < -0.4 is 10.2 Å². The highest BCUT2D eigenvalue weighted by atomic mass is 19.1. The van der Waals surface area contributed by atoms with Crippen LogP contribution in [0.1, 0.15) is 39.4 Å². The molecular weight excluding hydrogens is 371 g/mol. The molecule has 0 radical (unpaired) electrons. The van der Waals surface area contributed by atoms with Crippen LogP contribution in [0.4, 0.5) is 10.2 Å². The molecule has 0 bridgehead atoms. The van der Waals surface area contributed by atoms with Crippen molar-refractivity contribution < 1.29 is 9.18 Å². The van der Waals surface area contributed by atoms with Gasteiger partial charge in [0.2, 0.25) is 5.82 Å². The van der Waals surface area contributed by atoms with E-state index in [2.05, 4.69) is 20.2 Å². The van der Waals surface area contributed by atoms with E-state index < -0.39 is 0 Å². The zero-order valence-electron chi connectivity index (χ0n) is 17.2. The van der Waals surface area contributed by atoms with E-state index in [1.807, 2.05) is 19.9 Å². The van der Waals surface area contributed by atoms with Crippen molar-refractivity contribution in [2.75, 3.05) is 32.1 Å². The number of nitrogens with zero attached hydrogens (tertiary/aromatic N) is 5. The Labute approximate surface area is 170 Å². The zero-order chi connectivity index (χ0) is 21.1. The Bertz CT molecular complexity index is 968. The third-order valence-corrected chi connectivity index (χ3v) is 5.21. The molecule has 0 unspecified atom stereocenters. The van der Waals surface area contributed by atoms with Crippen LogP contribution in [0.2, 0.25) is 0 Å². The summed E-state index contributed by atoms with van der Waals surface area (Å²) in [6.07, 6.45) is 0.886. The number of hydrogen-bond acceptors (Lipinski definition) is 6. The second-order valence-electron chi connectivity index (χ2n) is 7.51. The minimum Gasteiger partial charge on any atom is -0.355 e. The minimum atomic E-state index is -0.375. The number of anilines is 1. The molecule has 7 nitrogen and oxygen atoms in total. The summed E-state index contributed by atoms with van der Waals surface area (Å²) < 4.78 is 14.1. The largest absolute Gasteiger partial charge is 0.355 e. The van der Waals surface area contributed by atoms with E-state index in [-0.39, 0.29) is 23.6 Å². The SMILES string of the molecule is Cc1nc(C(=O)N(C)C)nc(N2CC[C@@H](NCc3ccc(C#N)cc3F)C2)c1C. The van der Waals surface area contributed by atoms with E-state index in [9.17, 15) is 9.18 Å². The predicted octanol–water partition coefficient (Wildman–Crippen LogP) is 2.17. The number of carbonyl (C=O) groups is 1. The lowest BCUT2D eigenvalue weighted by molar-refractivity contribution is 0.0815. The smallest absolute Gasteiger partial charge is 0.291 e. The summed E-state index contributed by atoms with van der Waals surface area (Å²) in [6.45, 7) is 5.74. The van der Waals surface area contributed by atoms with E-state index in [4.69, 9.17) is 5.26 Å². The van der Waals surface area contributed by atoms with Crippen LogP contribution >= 0.6 is 0 Å². The molecule has 1 N–H and O–H groups in total. The molecule has 3 rings (SSSR count). The molecule has 2 aromatic rings. The summed E-state index contributed by atoms with van der Waals surface area (Å²) in [5.74, 6) is 0.376. The van der Waals surface area contributed by atoms with E-state index in [0.29, 0.717) is 24.2 Å². The lowest BCUT2D eigenvalue weighted by Crippen LogP contribution is -2.33. The van der Waals surface area contributed by atoms with E-state index in [1.54, 1.807) is 26.2 Å². The number of amides is 1. The number of halogens is 1. The van der Waals surface area contributed by atoms with Gasteiger partial charge in [-0.1, -0.05) is 6.07 Å². The van der Waals surface area contributed by atoms with Crippen LogP contribution in [-0.4, -0.2) is 54.0 Å². The molecule has 1 aromatic heterocycles. The van der Waals surface area contributed by atoms with Crippen LogP contribution in [0.5, 0.6) is 0 Å². The fourth-order valence-electron chi connectivity index (χ4n) is 3.35. The summed E-state index contributed by atoms with van der Waals surface area (Å²) in [4.78, 5) is 24.8. The first-order chi connectivity index (χ1) is 13.8. The third-order valence-electron chi connectivity index (χ3n) is 5.21. The minimum absolute atomic E-state index is 0.174. The summed E-state index contributed by atoms with van der Waals surface area (Å²) >= 11 is 0. The molecular formula is C21H25FN6O. The lowest BCUT2D eigenvalue weighted by Gasteiger charge is -2.22. The van der Waals surface area contributed by atoms with Gasteiger partial charge in [0.15, 0.2) is 0 Å². The van der Waals surface area contributed by atoms with Gasteiger partial charge in [-0.15, -0.1) is 0 Å². The van der Waals surface area contributed by atoms with Gasteiger partial charge in [0.05, 0.1) is 11.6 Å². The number of aromatic nitrogens is 2. The van der Waals surface area contributed by atoms with Crippen LogP contribution in [0, 0.1) is 31.0 Å². The third kappa shape index (κ3) is 4.51. The monoisotopic (exact) mass is 396 g/mol. The van der Waals surface area contributed by atoms with Crippen molar-refractivity contribution in [3.8, 4) is 6.07 Å². The first kappa shape index (κ1) is 20.7. The number of carbonyl (C=O) groups excluding carboxylic acids is 1. The second-order valence-corrected chi connectivity index (χ2v) is 7.51. The van der Waals surface area contributed by atoms with Gasteiger partial charge in [-0.2, -0.15) is 5.26 Å². The number of nitriles is 1. The molecule has 1 saturated heterocycles. The number of hydrogen-bond donors (Lipinski definition) is 1. The molecule has 8 heteroatoms. The summed E-state index contributed by atoms with van der Waals surface area (Å²) in [7, 11) is 3.36. The summed E-state index contributed by atoms with van der Waals surface area (Å²) in [6, 6.07) is 6.64. The molecule has 152 valence electrons. The van der Waals surface area contributed by atoms with Crippen molar-refractivity contribution in [3.63, 3.8) is 0 Å². The Morgan fingerprint density at radius 3 is 2.79 bits per heavy atom. The first-order valence-electron chi connectivity index (χ1n) is 9.54. The number of aryl methyl sites for hydroxylation is 1. The van der Waals surface area contributed by atoms with Crippen molar-refractivity contribution >= 4 is 11.7 Å². The van der Waals surface area contributed by atoms with Crippen LogP contribution in [-0.2, 0) is 6.54 Å². The molecule has 1 fully saturated rings. The van der Waals surface area contributed by atoms with E-state index in [1.165, 1.54) is 11.0 Å². The van der Waals surface area contributed by atoms with Crippen molar-refractivity contribution in [1.29, 1.82) is 5.26 Å². The van der Waals surface area contributed by atoms with Crippen LogP contribution in [0.15, 0.2) is 18.2 Å². The quantitative estimate of drug-likeness (QED) is 0.834. The van der Waals surface area contributed by atoms with Crippen molar-refractivity contribution in [2.24, 2.45) is 0 Å². The van der Waals surface area contributed by atoms with Crippen molar-refractivity contribution in [1.82, 2.24) is 20.2 Å². The van der Waals surface area contributed by atoms with Gasteiger partial charge in [-0.05, 0) is 32.4 Å². The molecule has 1 amide bonds. The van der Waals surface area contributed by atoms with Crippen molar-refractivity contribution in [3.05, 3.63) is 52.2 Å². The molecule has 1 aromatic carbocycles. The maximum absolute atomic E-state index is 14.1. The molecule has 0 saturated carbocycles. The predicted molar refractivity (Wildman–Crippen MR) is 108 cm³/mol. The van der Waals surface area contributed by atoms with Gasteiger partial charge in [-0.25, -0.2) is 14.4 Å². The fraction of sp³-hybridized carbons (Fsp3) is 0.429. The maximum atomic E-state index is 14.1. The van der Waals surface area contributed by atoms with Crippen LogP contribution in [0.3, 0.4) is 0 Å². The van der Waals surface area contributed by atoms with Gasteiger partial charge in [0.1, 0.15) is 11.6 Å².